The predicted octanol–water partition coefficient (Wildman–Crippen LogP) is 6.75. The Morgan fingerprint density at radius 1 is 1.02 bits per heavy atom. The number of rotatable bonds is 10. The SMILES string of the molecule is CN(c1ccc(Nc2ncc3cc(Oc4ccccc4F)c(=O)n(Cc4ccccc4[S+]([O-])C4CCCC4)c3n2)cc1)C1CCCNC1. The number of fused-ring (bicyclic) bond motifs is 1. The minimum Gasteiger partial charge on any atom is -0.611 e. The first-order chi connectivity index (χ1) is 23.4. The van der Waals surface area contributed by atoms with Crippen molar-refractivity contribution in [3.8, 4) is 11.5 Å². The van der Waals surface area contributed by atoms with Crippen molar-refractivity contribution >= 4 is 39.5 Å². The number of halogens is 1. The van der Waals surface area contributed by atoms with Crippen molar-refractivity contribution in [1.82, 2.24) is 19.9 Å². The molecule has 2 aromatic heterocycles. The molecular formula is C37H39FN6O3S. The van der Waals surface area contributed by atoms with Crippen molar-refractivity contribution in [3.05, 3.63) is 107 Å². The number of benzene rings is 3. The summed E-state index contributed by atoms with van der Waals surface area (Å²) in [7, 11) is 2.12. The van der Waals surface area contributed by atoms with E-state index in [9.17, 15) is 13.7 Å². The molecule has 7 rings (SSSR count). The van der Waals surface area contributed by atoms with Gasteiger partial charge in [0.05, 0.1) is 6.54 Å². The molecule has 2 fully saturated rings. The lowest BCUT2D eigenvalue weighted by molar-refractivity contribution is 0.433. The summed E-state index contributed by atoms with van der Waals surface area (Å²) < 4.78 is 35.6. The molecule has 5 aromatic rings. The number of piperidine rings is 1. The molecule has 9 nitrogen and oxygen atoms in total. The average molecular weight is 667 g/mol. The topological polar surface area (TPSA) is 107 Å². The van der Waals surface area contributed by atoms with Gasteiger partial charge in [0.25, 0.3) is 5.56 Å². The molecule has 3 aromatic carbocycles. The smallest absolute Gasteiger partial charge is 0.295 e. The zero-order valence-electron chi connectivity index (χ0n) is 26.9. The van der Waals surface area contributed by atoms with Crippen molar-refractivity contribution in [2.24, 2.45) is 0 Å². The Bertz CT molecular complexity index is 1940. The van der Waals surface area contributed by atoms with Crippen LogP contribution in [0.15, 0.2) is 94.7 Å². The van der Waals surface area contributed by atoms with E-state index in [1.807, 2.05) is 36.4 Å². The van der Waals surface area contributed by atoms with Crippen LogP contribution in [-0.4, -0.2) is 50.5 Å². The maximum Gasteiger partial charge on any atom is 0.295 e. The lowest BCUT2D eigenvalue weighted by Crippen LogP contribution is -2.44. The van der Waals surface area contributed by atoms with E-state index in [4.69, 9.17) is 9.72 Å². The van der Waals surface area contributed by atoms with Gasteiger partial charge in [-0.15, -0.1) is 0 Å². The van der Waals surface area contributed by atoms with Crippen molar-refractivity contribution in [2.75, 3.05) is 30.4 Å². The number of para-hydroxylation sites is 1. The third-order valence-corrected chi connectivity index (χ3v) is 11.2. The number of pyridine rings is 1. The van der Waals surface area contributed by atoms with Crippen LogP contribution in [0.3, 0.4) is 0 Å². The summed E-state index contributed by atoms with van der Waals surface area (Å²) in [5, 5.41) is 7.39. The fourth-order valence-corrected chi connectivity index (χ4v) is 8.35. The molecule has 1 saturated carbocycles. The van der Waals surface area contributed by atoms with Crippen molar-refractivity contribution in [3.63, 3.8) is 0 Å². The maximum atomic E-state index is 14.6. The second-order valence-corrected chi connectivity index (χ2v) is 14.2. The molecule has 0 amide bonds. The first kappa shape index (κ1) is 32.1. The number of hydrogen-bond acceptors (Lipinski definition) is 8. The molecule has 48 heavy (non-hydrogen) atoms. The second kappa shape index (κ2) is 14.3. The Kier molecular flexibility index (Phi) is 9.60. The van der Waals surface area contributed by atoms with Crippen LogP contribution in [0, 0.1) is 5.82 Å². The molecule has 1 saturated heterocycles. The van der Waals surface area contributed by atoms with Gasteiger partial charge in [-0.3, -0.25) is 9.36 Å². The molecular weight excluding hydrogens is 628 g/mol. The minimum absolute atomic E-state index is 0.0563. The molecule has 0 spiro atoms. The summed E-state index contributed by atoms with van der Waals surface area (Å²) in [6.07, 6.45) is 7.93. The molecule has 2 N–H and O–H groups in total. The van der Waals surface area contributed by atoms with Gasteiger partial charge in [0, 0.05) is 48.2 Å². The quantitative estimate of drug-likeness (QED) is 0.158. The molecule has 0 radical (unpaired) electrons. The third-order valence-electron chi connectivity index (χ3n) is 9.32. The Morgan fingerprint density at radius 3 is 2.56 bits per heavy atom. The van der Waals surface area contributed by atoms with Crippen molar-refractivity contribution in [2.45, 2.75) is 61.3 Å². The lowest BCUT2D eigenvalue weighted by Gasteiger charge is -2.33. The summed E-state index contributed by atoms with van der Waals surface area (Å²) in [5.41, 5.74) is 2.58. The molecule has 1 aliphatic heterocycles. The zero-order chi connectivity index (χ0) is 33.0. The average Bonchev–Trinajstić information content (AvgIpc) is 3.67. The normalized spacial score (nSPS) is 17.4. The molecule has 2 aliphatic rings. The van der Waals surface area contributed by atoms with Crippen LogP contribution in [-0.2, 0) is 17.7 Å². The van der Waals surface area contributed by atoms with Crippen molar-refractivity contribution < 1.29 is 13.7 Å². The van der Waals surface area contributed by atoms with Crippen LogP contribution in [0.4, 0.5) is 21.7 Å². The van der Waals surface area contributed by atoms with Gasteiger partial charge in [0.2, 0.25) is 5.95 Å². The lowest BCUT2D eigenvalue weighted by atomic mass is 10.1. The highest BCUT2D eigenvalue weighted by molar-refractivity contribution is 7.92. The van der Waals surface area contributed by atoms with E-state index < -0.39 is 22.6 Å². The number of nitrogens with one attached hydrogen (secondary N) is 2. The fraction of sp³-hybridized carbons (Fsp3) is 0.324. The fourth-order valence-electron chi connectivity index (χ4n) is 6.63. The van der Waals surface area contributed by atoms with E-state index >= 15 is 0 Å². The van der Waals surface area contributed by atoms with Crippen LogP contribution in [0.25, 0.3) is 11.0 Å². The number of anilines is 3. The van der Waals surface area contributed by atoms with Gasteiger partial charge in [0.1, 0.15) is 10.9 Å². The summed E-state index contributed by atoms with van der Waals surface area (Å²) in [6, 6.07) is 23.6. The number of aromatic nitrogens is 3. The van der Waals surface area contributed by atoms with Crippen LogP contribution < -0.4 is 25.8 Å². The van der Waals surface area contributed by atoms with E-state index in [1.165, 1.54) is 29.2 Å². The highest BCUT2D eigenvalue weighted by Gasteiger charge is 2.30. The van der Waals surface area contributed by atoms with Gasteiger partial charge in [-0.05, 0) is 105 Å². The first-order valence-electron chi connectivity index (χ1n) is 16.6. The van der Waals surface area contributed by atoms with Gasteiger partial charge < -0.3 is 24.8 Å². The second-order valence-electron chi connectivity index (χ2n) is 12.5. The molecule has 0 bridgehead atoms. The first-order valence-corrected chi connectivity index (χ1v) is 17.8. The van der Waals surface area contributed by atoms with E-state index in [2.05, 4.69) is 39.7 Å². The highest BCUT2D eigenvalue weighted by Crippen LogP contribution is 2.32. The summed E-state index contributed by atoms with van der Waals surface area (Å²) in [5.74, 6) is -0.376. The van der Waals surface area contributed by atoms with Crippen LogP contribution in [0.5, 0.6) is 11.5 Å². The summed E-state index contributed by atoms with van der Waals surface area (Å²) in [6.45, 7) is 2.14. The van der Waals surface area contributed by atoms with Crippen molar-refractivity contribution in [1.29, 1.82) is 0 Å². The van der Waals surface area contributed by atoms with E-state index in [0.29, 0.717) is 27.9 Å². The van der Waals surface area contributed by atoms with Gasteiger partial charge in [-0.1, -0.05) is 30.3 Å². The van der Waals surface area contributed by atoms with E-state index in [1.54, 1.807) is 18.3 Å². The van der Waals surface area contributed by atoms with Crippen LogP contribution in [0.2, 0.25) is 0 Å². The summed E-state index contributed by atoms with van der Waals surface area (Å²) >= 11 is -1.21. The molecule has 1 aliphatic carbocycles. The van der Waals surface area contributed by atoms with Crippen LogP contribution in [0.1, 0.15) is 44.1 Å². The molecule has 248 valence electrons. The largest absolute Gasteiger partial charge is 0.611 e. The minimum atomic E-state index is -1.21. The molecule has 11 heteroatoms. The van der Waals surface area contributed by atoms with Crippen LogP contribution >= 0.6 is 0 Å². The number of hydrogen-bond donors (Lipinski definition) is 2. The Morgan fingerprint density at radius 2 is 1.79 bits per heavy atom. The maximum absolute atomic E-state index is 14.6. The third kappa shape index (κ3) is 6.89. The zero-order valence-corrected chi connectivity index (χ0v) is 27.7. The Balaban J connectivity index is 1.23. The Hall–Kier alpha value is -4.45. The van der Waals surface area contributed by atoms with Gasteiger partial charge >= 0.3 is 0 Å². The van der Waals surface area contributed by atoms with Gasteiger partial charge in [0.15, 0.2) is 22.2 Å². The highest BCUT2D eigenvalue weighted by atomic mass is 32.2. The van der Waals surface area contributed by atoms with Gasteiger partial charge in [-0.25, -0.2) is 9.37 Å². The Labute approximate surface area is 282 Å². The number of nitrogens with zero attached hydrogens (tertiary/aromatic N) is 4. The number of likely N-dealkylation sites (N-methyl/N-ethyl adjacent to an activating group) is 1. The van der Waals surface area contributed by atoms with Gasteiger partial charge in [-0.2, -0.15) is 4.98 Å². The number of ether oxygens (including phenoxy) is 1. The predicted molar refractivity (Wildman–Crippen MR) is 188 cm³/mol. The van der Waals surface area contributed by atoms with E-state index in [0.717, 1.165) is 62.1 Å². The molecule has 3 heterocycles. The monoisotopic (exact) mass is 666 g/mol. The molecule has 2 unspecified atom stereocenters. The molecule has 2 atom stereocenters. The van der Waals surface area contributed by atoms with E-state index in [-0.39, 0.29) is 23.3 Å². The summed E-state index contributed by atoms with van der Waals surface area (Å²) in [4.78, 5) is 26.4. The standard InChI is InChI=1S/C37H39FN6O3S/c1-43(29-10-8-20-39-23-29)28-18-16-27(17-19-28)41-37-40-22-26-21-33(47-32-14-6-5-13-31(32)38)36(45)44(35(26)42-37)24-25-9-2-7-15-34(25)48(46)30-11-3-4-12-30/h2,5-7,9,13-19,21-22,29-30,39H,3-4,8,10-12,20,23-24H2,1H3,(H,40,41,42).